The summed E-state index contributed by atoms with van der Waals surface area (Å²) in [6.45, 7) is 1.63. The molecule has 3 nitrogen and oxygen atoms in total. The number of alkyl halides is 1. The average molecular weight is 150 g/mol. The summed E-state index contributed by atoms with van der Waals surface area (Å²) < 4.78 is 4.50. The number of carbonyl (C=O) groups is 1. The maximum Gasteiger partial charge on any atom is 0.410 e. The average Bonchev–Trinajstić information content (AvgIpc) is 1.60. The Balaban J connectivity index is 2.16. The lowest BCUT2D eigenvalue weighted by atomic mass is 10.2. The van der Waals surface area contributed by atoms with Crippen LogP contribution in [0.5, 0.6) is 0 Å². The summed E-state index contributed by atoms with van der Waals surface area (Å²) in [7, 11) is 0. The molecule has 0 unspecified atom stereocenters. The molecule has 52 valence electrons. The Morgan fingerprint density at radius 1 is 1.67 bits per heavy atom. The van der Waals surface area contributed by atoms with E-state index in [4.69, 9.17) is 11.6 Å². The molecule has 0 atom stereocenters. The molecular weight excluding hydrogens is 142 g/mol. The standard InChI is InChI=1S/C5H8ClNO2/c6-4-9-5(8)7-2-1-3-7/h1-4H2. The zero-order valence-electron chi connectivity index (χ0n) is 4.97. The Morgan fingerprint density at radius 2 is 2.33 bits per heavy atom. The summed E-state index contributed by atoms with van der Waals surface area (Å²) in [4.78, 5) is 12.3. The molecule has 1 heterocycles. The molecule has 0 aromatic carbocycles. The van der Waals surface area contributed by atoms with Gasteiger partial charge in [-0.2, -0.15) is 0 Å². The van der Waals surface area contributed by atoms with Gasteiger partial charge in [0.1, 0.15) is 0 Å². The zero-order chi connectivity index (χ0) is 6.69. The van der Waals surface area contributed by atoms with E-state index in [2.05, 4.69) is 4.74 Å². The second kappa shape index (κ2) is 2.92. The summed E-state index contributed by atoms with van der Waals surface area (Å²) in [5.74, 6) is 0. The monoisotopic (exact) mass is 149 g/mol. The second-order valence-corrected chi connectivity index (χ2v) is 2.08. The lowest BCUT2D eigenvalue weighted by Crippen LogP contribution is -2.42. The van der Waals surface area contributed by atoms with Gasteiger partial charge in [0.2, 0.25) is 0 Å². The Labute approximate surface area is 58.5 Å². The van der Waals surface area contributed by atoms with Crippen LogP contribution in [0.1, 0.15) is 6.42 Å². The Morgan fingerprint density at radius 3 is 2.67 bits per heavy atom. The molecule has 1 fully saturated rings. The largest absolute Gasteiger partial charge is 0.433 e. The molecule has 1 aliphatic heterocycles. The number of halogens is 1. The normalized spacial score (nSPS) is 16.8. The van der Waals surface area contributed by atoms with E-state index in [-0.39, 0.29) is 12.2 Å². The maximum atomic E-state index is 10.6. The molecule has 0 spiro atoms. The van der Waals surface area contributed by atoms with Gasteiger partial charge in [-0.25, -0.2) is 4.79 Å². The maximum absolute atomic E-state index is 10.6. The predicted molar refractivity (Wildman–Crippen MR) is 33.4 cm³/mol. The quantitative estimate of drug-likeness (QED) is 0.521. The lowest BCUT2D eigenvalue weighted by Gasteiger charge is -2.29. The van der Waals surface area contributed by atoms with Crippen LogP contribution in [0, 0.1) is 0 Å². The highest BCUT2D eigenvalue weighted by molar-refractivity contribution is 6.17. The van der Waals surface area contributed by atoms with E-state index in [1.807, 2.05) is 0 Å². The fourth-order valence-corrected chi connectivity index (χ4v) is 0.730. The van der Waals surface area contributed by atoms with Gasteiger partial charge in [-0.05, 0) is 6.42 Å². The smallest absolute Gasteiger partial charge is 0.410 e. The van der Waals surface area contributed by atoms with Crippen LogP contribution in [-0.2, 0) is 4.74 Å². The van der Waals surface area contributed by atoms with E-state index in [9.17, 15) is 4.79 Å². The van der Waals surface area contributed by atoms with Gasteiger partial charge < -0.3 is 9.64 Å². The second-order valence-electron chi connectivity index (χ2n) is 1.86. The van der Waals surface area contributed by atoms with Crippen LogP contribution in [0.3, 0.4) is 0 Å². The third-order valence-electron chi connectivity index (χ3n) is 1.29. The lowest BCUT2D eigenvalue weighted by molar-refractivity contribution is 0.0940. The third kappa shape index (κ3) is 1.48. The van der Waals surface area contributed by atoms with Gasteiger partial charge in [0.05, 0.1) is 0 Å². The highest BCUT2D eigenvalue weighted by atomic mass is 35.5. The fraction of sp³-hybridized carbons (Fsp3) is 0.800. The number of carbonyl (C=O) groups excluding carboxylic acids is 1. The highest BCUT2D eigenvalue weighted by Crippen LogP contribution is 2.07. The van der Waals surface area contributed by atoms with Crippen LogP contribution in [0.25, 0.3) is 0 Å². The number of hydrogen-bond donors (Lipinski definition) is 0. The Bertz CT molecular complexity index is 114. The van der Waals surface area contributed by atoms with Crippen LogP contribution in [0.4, 0.5) is 4.79 Å². The van der Waals surface area contributed by atoms with Gasteiger partial charge in [0.25, 0.3) is 0 Å². The molecule has 0 saturated carbocycles. The molecule has 0 radical (unpaired) electrons. The Hall–Kier alpha value is -0.440. The molecule has 4 heteroatoms. The molecular formula is C5H8ClNO2. The van der Waals surface area contributed by atoms with Crippen molar-refractivity contribution in [2.45, 2.75) is 6.42 Å². The van der Waals surface area contributed by atoms with E-state index in [1.165, 1.54) is 0 Å². The minimum Gasteiger partial charge on any atom is -0.433 e. The molecule has 1 saturated heterocycles. The molecule has 1 amide bonds. The molecule has 0 aromatic heterocycles. The van der Waals surface area contributed by atoms with E-state index < -0.39 is 0 Å². The minimum absolute atomic E-state index is 0.0463. The van der Waals surface area contributed by atoms with E-state index in [0.717, 1.165) is 19.5 Å². The van der Waals surface area contributed by atoms with Gasteiger partial charge >= 0.3 is 6.09 Å². The van der Waals surface area contributed by atoms with Crippen LogP contribution in [0.15, 0.2) is 0 Å². The SMILES string of the molecule is O=C(OCCl)N1CCC1. The van der Waals surface area contributed by atoms with Gasteiger partial charge in [0.15, 0.2) is 6.07 Å². The molecule has 0 aromatic rings. The first-order chi connectivity index (χ1) is 4.34. The number of nitrogens with zero attached hydrogens (tertiary/aromatic N) is 1. The molecule has 0 bridgehead atoms. The predicted octanol–water partition coefficient (Wildman–Crippen LogP) is 1.03. The van der Waals surface area contributed by atoms with Crippen molar-refractivity contribution >= 4 is 17.7 Å². The van der Waals surface area contributed by atoms with Crippen molar-refractivity contribution in [3.63, 3.8) is 0 Å². The highest BCUT2D eigenvalue weighted by Gasteiger charge is 2.20. The van der Waals surface area contributed by atoms with Crippen molar-refractivity contribution < 1.29 is 9.53 Å². The zero-order valence-corrected chi connectivity index (χ0v) is 5.73. The van der Waals surface area contributed by atoms with Crippen LogP contribution in [-0.4, -0.2) is 30.1 Å². The Kier molecular flexibility index (Phi) is 2.16. The molecule has 0 N–H and O–H groups in total. The summed E-state index contributed by atoms with van der Waals surface area (Å²) in [6.07, 6.45) is 0.786. The fourth-order valence-electron chi connectivity index (χ4n) is 0.637. The van der Waals surface area contributed by atoms with Gasteiger partial charge in [-0.15, -0.1) is 0 Å². The van der Waals surface area contributed by atoms with Crippen molar-refractivity contribution in [3.05, 3.63) is 0 Å². The molecule has 0 aliphatic carbocycles. The molecule has 1 aliphatic rings. The number of rotatable bonds is 1. The number of amides is 1. The summed E-state index contributed by atoms with van der Waals surface area (Å²) in [5.41, 5.74) is 0. The third-order valence-corrected chi connectivity index (χ3v) is 1.40. The topological polar surface area (TPSA) is 29.5 Å². The van der Waals surface area contributed by atoms with E-state index >= 15 is 0 Å². The number of ether oxygens (including phenoxy) is 1. The summed E-state index contributed by atoms with van der Waals surface area (Å²) in [6, 6.07) is -0.0463. The number of likely N-dealkylation sites (tertiary alicyclic amines) is 1. The van der Waals surface area contributed by atoms with Crippen molar-refractivity contribution in [2.75, 3.05) is 19.2 Å². The number of hydrogen-bond acceptors (Lipinski definition) is 2. The van der Waals surface area contributed by atoms with Gasteiger partial charge in [-0.1, -0.05) is 11.6 Å². The van der Waals surface area contributed by atoms with Crippen molar-refractivity contribution in [1.29, 1.82) is 0 Å². The van der Waals surface area contributed by atoms with Crippen molar-refractivity contribution in [2.24, 2.45) is 0 Å². The van der Waals surface area contributed by atoms with Crippen LogP contribution >= 0.6 is 11.6 Å². The molecule has 9 heavy (non-hydrogen) atoms. The first-order valence-electron chi connectivity index (χ1n) is 2.82. The summed E-state index contributed by atoms with van der Waals surface area (Å²) in [5, 5.41) is 0. The molecule has 1 rings (SSSR count). The van der Waals surface area contributed by atoms with Crippen molar-refractivity contribution in [1.82, 2.24) is 4.90 Å². The first-order valence-corrected chi connectivity index (χ1v) is 3.35. The van der Waals surface area contributed by atoms with E-state index in [1.54, 1.807) is 4.90 Å². The van der Waals surface area contributed by atoms with Gasteiger partial charge in [0, 0.05) is 13.1 Å². The van der Waals surface area contributed by atoms with Crippen molar-refractivity contribution in [3.8, 4) is 0 Å². The van der Waals surface area contributed by atoms with Crippen LogP contribution in [0.2, 0.25) is 0 Å². The van der Waals surface area contributed by atoms with E-state index in [0.29, 0.717) is 0 Å². The first kappa shape index (κ1) is 6.68. The minimum atomic E-state index is -0.295. The van der Waals surface area contributed by atoms with Crippen LogP contribution < -0.4 is 0 Å². The van der Waals surface area contributed by atoms with Gasteiger partial charge in [-0.3, -0.25) is 0 Å². The summed E-state index contributed by atoms with van der Waals surface area (Å²) >= 11 is 5.15.